The maximum absolute atomic E-state index is 14.1. The highest BCUT2D eigenvalue weighted by molar-refractivity contribution is 6.00. The predicted molar refractivity (Wildman–Crippen MR) is 166 cm³/mol. The largest absolute Gasteiger partial charge is 0.439 e. The molecule has 3 aromatic carbocycles. The van der Waals surface area contributed by atoms with Gasteiger partial charge < -0.3 is 25.0 Å². The molecule has 4 aromatic rings. The Balaban J connectivity index is 1.14. The van der Waals surface area contributed by atoms with Crippen LogP contribution < -0.4 is 15.4 Å². The number of benzene rings is 3. The van der Waals surface area contributed by atoms with Crippen LogP contribution in [0.15, 0.2) is 90.3 Å². The van der Waals surface area contributed by atoms with Gasteiger partial charge in [0.15, 0.2) is 0 Å². The molecule has 2 heterocycles. The lowest BCUT2D eigenvalue weighted by atomic mass is 10.0. The third-order valence-corrected chi connectivity index (χ3v) is 7.00. The molecule has 5 rings (SSSR count). The second-order valence-corrected chi connectivity index (χ2v) is 10.3. The van der Waals surface area contributed by atoms with Crippen LogP contribution in [0.3, 0.4) is 0 Å². The van der Waals surface area contributed by atoms with Gasteiger partial charge in [0, 0.05) is 55.1 Å². The van der Waals surface area contributed by atoms with Gasteiger partial charge in [0.05, 0.1) is 11.1 Å². The maximum atomic E-state index is 14.1. The van der Waals surface area contributed by atoms with Crippen molar-refractivity contribution in [3.8, 4) is 11.6 Å². The average Bonchev–Trinajstić information content (AvgIpc) is 3.07. The number of ether oxygens (including phenoxy) is 2. The predicted octanol–water partition coefficient (Wildman–Crippen LogP) is 6.97. The number of nitrogens with one attached hydrogen (secondary N) is 2. The Morgan fingerprint density at radius 3 is 2.27 bits per heavy atom. The first-order valence-electron chi connectivity index (χ1n) is 14.3. The number of nitrogens with zero attached hydrogens (tertiary/aromatic N) is 7. The number of carbonyl (C=O) groups is 3. The number of azide groups is 1. The van der Waals surface area contributed by atoms with Gasteiger partial charge in [-0.15, -0.1) is 0 Å². The zero-order valence-corrected chi connectivity index (χ0v) is 24.9. The van der Waals surface area contributed by atoms with E-state index in [1.54, 1.807) is 23.1 Å². The number of halogens is 3. The fraction of sp³-hybridized carbons (Fsp3) is 0.194. The number of urea groups is 1. The van der Waals surface area contributed by atoms with E-state index in [9.17, 15) is 27.6 Å². The summed E-state index contributed by atoms with van der Waals surface area (Å²) >= 11 is 0. The van der Waals surface area contributed by atoms with Crippen LogP contribution in [-0.2, 0) is 17.5 Å². The number of alkyl halides is 3. The zero-order valence-electron chi connectivity index (χ0n) is 24.9. The third-order valence-electron chi connectivity index (χ3n) is 7.00. The minimum Gasteiger partial charge on any atom is -0.439 e. The van der Waals surface area contributed by atoms with Gasteiger partial charge in [-0.1, -0.05) is 24.3 Å². The van der Waals surface area contributed by atoms with Crippen molar-refractivity contribution in [3.05, 3.63) is 112 Å². The summed E-state index contributed by atoms with van der Waals surface area (Å²) in [4.78, 5) is 50.6. The molecular weight excluding hydrogens is 635 g/mol. The summed E-state index contributed by atoms with van der Waals surface area (Å²) in [5.74, 6) is -0.257. The van der Waals surface area contributed by atoms with Gasteiger partial charge in [-0.2, -0.15) is 13.2 Å². The van der Waals surface area contributed by atoms with Crippen molar-refractivity contribution in [3.63, 3.8) is 0 Å². The molecular formula is C31H26F3N9O5. The quantitative estimate of drug-likeness (QED) is 0.0669. The Bertz CT molecular complexity index is 1830. The molecule has 0 bridgehead atoms. The van der Waals surface area contributed by atoms with Gasteiger partial charge in [-0.05, 0) is 64.7 Å². The van der Waals surface area contributed by atoms with E-state index in [0.29, 0.717) is 11.4 Å². The van der Waals surface area contributed by atoms with Gasteiger partial charge in [0.1, 0.15) is 17.9 Å². The topological polar surface area (TPSA) is 175 Å². The fourth-order valence-electron chi connectivity index (χ4n) is 4.67. The standard InChI is InChI=1S/C31H26F3N9O5/c32-31(33,34)25-16-23(39-29(45)38-22-8-10-24(11-9-22)47-27-17-26(40-41-35)36-19-37-27)7-6-21(25)18-42-12-14-43(15-13-42)30(46)48-28(44)20-4-2-1-3-5-20/h1-11,16-17,19H,12-15,18H2,(H2,38,39,45). The number of aromatic nitrogens is 2. The smallest absolute Gasteiger partial charge is 0.417 e. The Morgan fingerprint density at radius 1 is 0.896 bits per heavy atom. The van der Waals surface area contributed by atoms with E-state index in [-0.39, 0.29) is 61.2 Å². The number of hydrogen-bond donors (Lipinski definition) is 2. The van der Waals surface area contributed by atoms with Crippen LogP contribution in [-0.4, -0.2) is 64.0 Å². The summed E-state index contributed by atoms with van der Waals surface area (Å²) in [6.45, 7) is 0.785. The third kappa shape index (κ3) is 8.96. The lowest BCUT2D eigenvalue weighted by Gasteiger charge is -2.34. The van der Waals surface area contributed by atoms with Crippen molar-refractivity contribution in [2.75, 3.05) is 36.8 Å². The molecule has 1 fully saturated rings. The van der Waals surface area contributed by atoms with E-state index in [1.807, 2.05) is 0 Å². The number of amides is 3. The van der Waals surface area contributed by atoms with Crippen molar-refractivity contribution in [2.45, 2.75) is 12.7 Å². The van der Waals surface area contributed by atoms with Crippen LogP contribution in [0, 0.1) is 0 Å². The molecule has 0 saturated carbocycles. The molecule has 1 saturated heterocycles. The first-order valence-corrected chi connectivity index (χ1v) is 14.3. The monoisotopic (exact) mass is 661 g/mol. The molecule has 1 aliphatic rings. The van der Waals surface area contributed by atoms with Gasteiger partial charge in [-0.25, -0.2) is 24.4 Å². The number of anilines is 2. The molecule has 3 amide bonds. The normalized spacial score (nSPS) is 13.2. The van der Waals surface area contributed by atoms with Crippen LogP contribution in [0.4, 0.5) is 40.0 Å². The van der Waals surface area contributed by atoms with E-state index in [2.05, 4.69) is 30.6 Å². The molecule has 17 heteroatoms. The maximum Gasteiger partial charge on any atom is 0.417 e. The SMILES string of the molecule is [N-]=[N+]=Nc1cc(Oc2ccc(NC(=O)Nc3ccc(CN4CCN(C(=O)OC(=O)c5ccccc5)CC4)c(C(F)(F)F)c3)cc2)ncn1. The Kier molecular flexibility index (Phi) is 10.3. The number of piperazine rings is 1. The summed E-state index contributed by atoms with van der Waals surface area (Å²) in [6.07, 6.45) is -4.35. The van der Waals surface area contributed by atoms with Crippen molar-refractivity contribution in [2.24, 2.45) is 5.11 Å². The Morgan fingerprint density at radius 2 is 1.58 bits per heavy atom. The molecule has 14 nitrogen and oxygen atoms in total. The molecule has 0 radical (unpaired) electrons. The molecule has 1 aliphatic heterocycles. The summed E-state index contributed by atoms with van der Waals surface area (Å²) in [7, 11) is 0. The van der Waals surface area contributed by atoms with Crippen molar-refractivity contribution >= 4 is 35.3 Å². The second kappa shape index (κ2) is 14.9. The second-order valence-electron chi connectivity index (χ2n) is 10.3. The van der Waals surface area contributed by atoms with E-state index < -0.39 is 29.8 Å². The Labute approximate surface area is 270 Å². The number of hydrogen-bond acceptors (Lipinski definition) is 9. The molecule has 246 valence electrons. The minimum absolute atomic E-state index is 0.00503. The first-order chi connectivity index (χ1) is 23.1. The van der Waals surface area contributed by atoms with Crippen LogP contribution in [0.1, 0.15) is 21.5 Å². The van der Waals surface area contributed by atoms with Gasteiger partial charge in [0.2, 0.25) is 5.88 Å². The molecule has 0 unspecified atom stereocenters. The average molecular weight is 662 g/mol. The summed E-state index contributed by atoms with van der Waals surface area (Å²) in [6, 6.07) is 18.2. The van der Waals surface area contributed by atoms with E-state index in [1.165, 1.54) is 59.5 Å². The van der Waals surface area contributed by atoms with E-state index in [0.717, 1.165) is 12.4 Å². The molecule has 2 N–H and O–H groups in total. The van der Waals surface area contributed by atoms with Crippen LogP contribution in [0.2, 0.25) is 0 Å². The lowest BCUT2D eigenvalue weighted by molar-refractivity contribution is -0.138. The van der Waals surface area contributed by atoms with Crippen molar-refractivity contribution in [1.29, 1.82) is 0 Å². The molecule has 0 atom stereocenters. The summed E-state index contributed by atoms with van der Waals surface area (Å²) in [5.41, 5.74) is 8.10. The van der Waals surface area contributed by atoms with E-state index >= 15 is 0 Å². The van der Waals surface area contributed by atoms with Crippen molar-refractivity contribution < 1.29 is 37.0 Å². The zero-order chi connectivity index (χ0) is 34.1. The highest BCUT2D eigenvalue weighted by Crippen LogP contribution is 2.35. The first kappa shape index (κ1) is 33.2. The summed E-state index contributed by atoms with van der Waals surface area (Å²) in [5, 5.41) is 8.32. The fourth-order valence-corrected chi connectivity index (χ4v) is 4.67. The van der Waals surface area contributed by atoms with Gasteiger partial charge in [-0.3, -0.25) is 4.90 Å². The number of rotatable bonds is 8. The van der Waals surface area contributed by atoms with Crippen LogP contribution >= 0.6 is 0 Å². The highest BCUT2D eigenvalue weighted by Gasteiger charge is 2.35. The summed E-state index contributed by atoms with van der Waals surface area (Å²) < 4.78 is 52.7. The lowest BCUT2D eigenvalue weighted by Crippen LogP contribution is -2.48. The van der Waals surface area contributed by atoms with Crippen LogP contribution in [0.25, 0.3) is 10.4 Å². The molecule has 48 heavy (non-hydrogen) atoms. The number of carbonyl (C=O) groups excluding carboxylic acids is 3. The molecule has 0 aliphatic carbocycles. The minimum atomic E-state index is -4.70. The Hall–Kier alpha value is -6.19. The number of esters is 1. The van der Waals surface area contributed by atoms with Gasteiger partial charge >= 0.3 is 24.3 Å². The highest BCUT2D eigenvalue weighted by atomic mass is 19.4. The van der Waals surface area contributed by atoms with Crippen LogP contribution in [0.5, 0.6) is 11.6 Å². The van der Waals surface area contributed by atoms with Crippen molar-refractivity contribution in [1.82, 2.24) is 19.8 Å². The molecule has 1 aromatic heterocycles. The molecule has 0 spiro atoms. The van der Waals surface area contributed by atoms with Gasteiger partial charge in [0.25, 0.3) is 0 Å². The van der Waals surface area contributed by atoms with E-state index in [4.69, 9.17) is 15.0 Å².